The van der Waals surface area contributed by atoms with Gasteiger partial charge in [-0.15, -0.1) is 12.4 Å². The maximum Gasteiger partial charge on any atom is 0.325 e. The number of aromatic nitrogens is 1. The van der Waals surface area contributed by atoms with E-state index in [-0.39, 0.29) is 36.1 Å². The molecule has 174 valence electrons. The van der Waals surface area contributed by atoms with Crippen LogP contribution in [0.5, 0.6) is 11.5 Å². The number of halogens is 3. The molecule has 8 nitrogen and oxygen atoms in total. The first-order chi connectivity index (χ1) is 15.4. The third-order valence-corrected chi connectivity index (χ3v) is 4.34. The Labute approximate surface area is 195 Å². The number of hydrogen-bond donors (Lipinski definition) is 4. The number of carbonyl (C=O) groups excluding carboxylic acids is 2. The predicted molar refractivity (Wildman–Crippen MR) is 122 cm³/mol. The molecule has 5 N–H and O–H groups in total. The predicted octanol–water partition coefficient (Wildman–Crippen LogP) is 3.77. The van der Waals surface area contributed by atoms with Gasteiger partial charge >= 0.3 is 6.03 Å². The van der Waals surface area contributed by atoms with Crippen molar-refractivity contribution in [3.05, 3.63) is 77.5 Å². The lowest BCUT2D eigenvalue weighted by atomic mass is 10.1. The lowest BCUT2D eigenvalue weighted by molar-refractivity contribution is -0.119. The van der Waals surface area contributed by atoms with E-state index in [9.17, 15) is 18.4 Å². The van der Waals surface area contributed by atoms with Gasteiger partial charge in [-0.2, -0.15) is 0 Å². The number of benzene rings is 2. The minimum Gasteiger partial charge on any atom is -0.454 e. The van der Waals surface area contributed by atoms with Crippen molar-refractivity contribution >= 4 is 35.9 Å². The Bertz CT molecular complexity index is 1130. The normalized spacial score (nSPS) is 10.2. The lowest BCUT2D eigenvalue weighted by Crippen LogP contribution is -2.35. The van der Waals surface area contributed by atoms with Gasteiger partial charge in [0.2, 0.25) is 5.91 Å². The minimum absolute atomic E-state index is 0. The number of urea groups is 1. The number of rotatable bonds is 7. The van der Waals surface area contributed by atoms with Gasteiger partial charge in [0.05, 0.1) is 12.0 Å². The molecule has 1 heterocycles. The Hall–Kier alpha value is -3.76. The number of nitrogen functional groups attached to an aromatic ring is 1. The van der Waals surface area contributed by atoms with Crippen LogP contribution in [0.25, 0.3) is 0 Å². The van der Waals surface area contributed by atoms with E-state index in [1.807, 2.05) is 0 Å². The molecule has 3 aromatic rings. The fraction of sp³-hybridized carbons (Fsp3) is 0.136. The van der Waals surface area contributed by atoms with Crippen LogP contribution in [0.1, 0.15) is 11.1 Å². The number of nitrogens with two attached hydrogens (primary N) is 1. The molecule has 0 aliphatic rings. The van der Waals surface area contributed by atoms with Crippen molar-refractivity contribution in [3.8, 4) is 11.5 Å². The summed E-state index contributed by atoms with van der Waals surface area (Å²) in [6.45, 7) is 0.377. The molecule has 0 saturated carbocycles. The van der Waals surface area contributed by atoms with Crippen LogP contribution in [-0.4, -0.2) is 24.0 Å². The Morgan fingerprint density at radius 3 is 2.45 bits per heavy atom. The number of hydrogen-bond acceptors (Lipinski definition) is 6. The maximum atomic E-state index is 14.5. The highest BCUT2D eigenvalue weighted by molar-refractivity contribution is 6.01. The van der Waals surface area contributed by atoms with Crippen LogP contribution >= 0.6 is 12.4 Å². The number of amides is 3. The summed E-state index contributed by atoms with van der Waals surface area (Å²) in [4.78, 5) is 28.0. The van der Waals surface area contributed by atoms with Gasteiger partial charge < -0.3 is 21.1 Å². The standard InChI is InChI=1S/C22H21F2N5O3.ClH/c1-26-12-16-18(8-9-27-21(16)25)32-19-7-6-15(11-17(19)24)28-22(31)29-20(30)10-13-2-4-14(23)5-3-13;/h2-9,11,26H,10,12H2,1H3,(H2,25,27)(H2,28,29,30,31);1H. The number of anilines is 2. The average Bonchev–Trinajstić information content (AvgIpc) is 2.74. The largest absolute Gasteiger partial charge is 0.454 e. The Kier molecular flexibility index (Phi) is 9.08. The van der Waals surface area contributed by atoms with Crippen LogP contribution in [0.4, 0.5) is 25.1 Å². The number of pyridine rings is 1. The van der Waals surface area contributed by atoms with Crippen molar-refractivity contribution in [3.63, 3.8) is 0 Å². The highest BCUT2D eigenvalue weighted by Crippen LogP contribution is 2.30. The summed E-state index contributed by atoms with van der Waals surface area (Å²) in [6, 6.07) is 9.88. The maximum absolute atomic E-state index is 14.5. The summed E-state index contributed by atoms with van der Waals surface area (Å²) in [7, 11) is 1.73. The Morgan fingerprint density at radius 2 is 1.79 bits per heavy atom. The van der Waals surface area contributed by atoms with Crippen molar-refractivity contribution in [1.82, 2.24) is 15.6 Å². The molecular formula is C22H22ClF2N5O3. The zero-order valence-electron chi connectivity index (χ0n) is 17.5. The third kappa shape index (κ3) is 7.13. The Balaban J connectivity index is 0.00000385. The number of ether oxygens (including phenoxy) is 1. The number of carbonyl (C=O) groups is 2. The molecule has 0 spiro atoms. The van der Waals surface area contributed by atoms with E-state index in [2.05, 4.69) is 20.9 Å². The minimum atomic E-state index is -0.830. The zero-order chi connectivity index (χ0) is 23.1. The van der Waals surface area contributed by atoms with Crippen LogP contribution in [-0.2, 0) is 17.8 Å². The molecule has 0 bridgehead atoms. The highest BCUT2D eigenvalue weighted by Gasteiger charge is 2.14. The zero-order valence-corrected chi connectivity index (χ0v) is 18.3. The van der Waals surface area contributed by atoms with Gasteiger partial charge in [0.15, 0.2) is 11.6 Å². The number of nitrogens with one attached hydrogen (secondary N) is 3. The lowest BCUT2D eigenvalue weighted by Gasteiger charge is -2.14. The first-order valence-electron chi connectivity index (χ1n) is 9.56. The average molecular weight is 478 g/mol. The smallest absolute Gasteiger partial charge is 0.325 e. The SMILES string of the molecule is CNCc1c(Oc2ccc(NC(=O)NC(=O)Cc3ccc(F)cc3)cc2F)ccnc1N.Cl. The molecule has 0 aliphatic heterocycles. The molecule has 33 heavy (non-hydrogen) atoms. The Morgan fingerprint density at radius 1 is 1.06 bits per heavy atom. The molecule has 3 rings (SSSR count). The van der Waals surface area contributed by atoms with Gasteiger partial charge in [0.25, 0.3) is 0 Å². The number of imide groups is 1. The summed E-state index contributed by atoms with van der Waals surface area (Å²) < 4.78 is 33.1. The van der Waals surface area contributed by atoms with Crippen LogP contribution in [0.15, 0.2) is 54.7 Å². The van der Waals surface area contributed by atoms with Crippen LogP contribution in [0, 0.1) is 11.6 Å². The summed E-state index contributed by atoms with van der Waals surface area (Å²) in [6.07, 6.45) is 1.34. The fourth-order valence-electron chi connectivity index (χ4n) is 2.84. The quantitative estimate of drug-likeness (QED) is 0.411. The van der Waals surface area contributed by atoms with Crippen molar-refractivity contribution < 1.29 is 23.1 Å². The van der Waals surface area contributed by atoms with Gasteiger partial charge in [-0.25, -0.2) is 18.6 Å². The highest BCUT2D eigenvalue weighted by atomic mass is 35.5. The fourth-order valence-corrected chi connectivity index (χ4v) is 2.84. The third-order valence-electron chi connectivity index (χ3n) is 4.34. The molecule has 0 fully saturated rings. The molecule has 0 atom stereocenters. The molecule has 3 amide bonds. The summed E-state index contributed by atoms with van der Waals surface area (Å²) >= 11 is 0. The monoisotopic (exact) mass is 477 g/mol. The topological polar surface area (TPSA) is 118 Å². The second-order valence-electron chi connectivity index (χ2n) is 6.76. The second-order valence-corrected chi connectivity index (χ2v) is 6.76. The van der Waals surface area contributed by atoms with E-state index in [4.69, 9.17) is 10.5 Å². The van der Waals surface area contributed by atoms with E-state index in [0.717, 1.165) is 6.07 Å². The molecule has 2 aromatic carbocycles. The molecule has 0 aliphatic carbocycles. The summed E-state index contributed by atoms with van der Waals surface area (Å²) in [5.74, 6) is -1.22. The number of nitrogens with zero attached hydrogens (tertiary/aromatic N) is 1. The van der Waals surface area contributed by atoms with Crippen LogP contribution < -0.4 is 26.4 Å². The van der Waals surface area contributed by atoms with Gasteiger partial charge in [0, 0.05) is 24.5 Å². The van der Waals surface area contributed by atoms with Gasteiger partial charge in [0.1, 0.15) is 17.4 Å². The molecule has 0 saturated heterocycles. The van der Waals surface area contributed by atoms with E-state index < -0.39 is 23.6 Å². The van der Waals surface area contributed by atoms with Crippen molar-refractivity contribution in [1.29, 1.82) is 0 Å². The molecule has 11 heteroatoms. The van der Waals surface area contributed by atoms with Gasteiger partial charge in [-0.3, -0.25) is 10.1 Å². The van der Waals surface area contributed by atoms with Crippen LogP contribution in [0.2, 0.25) is 0 Å². The summed E-state index contributed by atoms with van der Waals surface area (Å²) in [5, 5.41) is 7.44. The first kappa shape index (κ1) is 25.5. The first-order valence-corrected chi connectivity index (χ1v) is 9.56. The summed E-state index contributed by atoms with van der Waals surface area (Å²) in [5.41, 5.74) is 7.09. The molecule has 0 radical (unpaired) electrons. The van der Waals surface area contributed by atoms with Crippen molar-refractivity contribution in [2.24, 2.45) is 0 Å². The van der Waals surface area contributed by atoms with Gasteiger partial charge in [-0.1, -0.05) is 12.1 Å². The van der Waals surface area contributed by atoms with Gasteiger partial charge in [-0.05, 0) is 42.9 Å². The molecule has 0 unspecified atom stereocenters. The molecular weight excluding hydrogens is 456 g/mol. The van der Waals surface area contributed by atoms with E-state index in [0.29, 0.717) is 23.4 Å². The van der Waals surface area contributed by atoms with E-state index in [1.165, 1.54) is 42.6 Å². The van der Waals surface area contributed by atoms with Crippen molar-refractivity contribution in [2.45, 2.75) is 13.0 Å². The molecule has 1 aromatic heterocycles. The van der Waals surface area contributed by atoms with Crippen molar-refractivity contribution in [2.75, 3.05) is 18.1 Å². The second kappa shape index (κ2) is 11.7. The van der Waals surface area contributed by atoms with Crippen LogP contribution in [0.3, 0.4) is 0 Å². The van der Waals surface area contributed by atoms with E-state index in [1.54, 1.807) is 13.1 Å². The van der Waals surface area contributed by atoms with E-state index >= 15 is 0 Å².